The first kappa shape index (κ1) is 37.1. The summed E-state index contributed by atoms with van der Waals surface area (Å²) in [5.74, 6) is 0. The van der Waals surface area contributed by atoms with E-state index >= 15 is 0 Å². The normalized spacial score (nSPS) is 13.8. The summed E-state index contributed by atoms with van der Waals surface area (Å²) in [6.45, 7) is 6.82. The van der Waals surface area contributed by atoms with E-state index in [0.29, 0.717) is 58.7 Å². The van der Waals surface area contributed by atoms with Crippen LogP contribution in [0.5, 0.6) is 0 Å². The number of nitrogens with one attached hydrogen (secondary N) is 2. The molecule has 1 aliphatic carbocycles. The Morgan fingerprint density at radius 1 is 0.982 bits per heavy atom. The van der Waals surface area contributed by atoms with E-state index in [9.17, 15) is 41.0 Å². The molecule has 0 saturated heterocycles. The SMILES string of the molecule is Cc1c(Cc2ccc(C3(NC(=O)n4c(-c5ccnn5-c5ccc(C#N)cc5)c(C)n(-c5cccc(C(F)(F)F)c5)c4=O)CC3)[nH]2)cc(S(=O)(=O)O)c(C)c1C. The van der Waals surface area contributed by atoms with Crippen molar-refractivity contribution in [1.29, 1.82) is 5.26 Å². The van der Waals surface area contributed by atoms with Crippen LogP contribution in [0.4, 0.5) is 18.0 Å². The maximum Gasteiger partial charge on any atom is 0.416 e. The number of halogens is 3. The van der Waals surface area contributed by atoms with Gasteiger partial charge in [0, 0.05) is 17.8 Å². The molecule has 282 valence electrons. The molecule has 0 spiro atoms. The number of carbonyl (C=O) groups excluding carboxylic acids is 1. The van der Waals surface area contributed by atoms with Crippen LogP contribution in [0.25, 0.3) is 22.8 Å². The number of nitrogens with zero attached hydrogens (tertiary/aromatic N) is 5. The average Bonchev–Trinajstić information content (AvgIpc) is 3.42. The number of aromatic amines is 1. The molecule has 1 saturated carbocycles. The van der Waals surface area contributed by atoms with E-state index in [2.05, 4.69) is 15.4 Å². The van der Waals surface area contributed by atoms with Crippen molar-refractivity contribution in [1.82, 2.24) is 29.2 Å². The molecule has 3 heterocycles. The minimum Gasteiger partial charge on any atom is -0.360 e. The summed E-state index contributed by atoms with van der Waals surface area (Å²) in [5, 5.41) is 16.7. The molecule has 3 aromatic carbocycles. The van der Waals surface area contributed by atoms with Gasteiger partial charge in [-0.2, -0.15) is 31.9 Å². The van der Waals surface area contributed by atoms with Crippen LogP contribution >= 0.6 is 0 Å². The highest BCUT2D eigenvalue weighted by Crippen LogP contribution is 2.45. The largest absolute Gasteiger partial charge is 0.416 e. The van der Waals surface area contributed by atoms with Crippen molar-refractivity contribution in [2.45, 2.75) is 63.6 Å². The number of H-pyrrole nitrogens is 1. The van der Waals surface area contributed by atoms with Gasteiger partial charge in [-0.3, -0.25) is 9.12 Å². The number of amides is 1. The second kappa shape index (κ2) is 13.3. The first-order valence-electron chi connectivity index (χ1n) is 17.1. The molecule has 3 aromatic heterocycles. The van der Waals surface area contributed by atoms with Crippen LogP contribution < -0.4 is 11.0 Å². The number of aromatic nitrogens is 5. The zero-order valence-corrected chi connectivity index (χ0v) is 30.8. The van der Waals surface area contributed by atoms with E-state index in [1.807, 2.05) is 19.1 Å². The van der Waals surface area contributed by atoms with Gasteiger partial charge in [-0.15, -0.1) is 0 Å². The van der Waals surface area contributed by atoms with Gasteiger partial charge in [0.25, 0.3) is 10.1 Å². The Morgan fingerprint density at radius 2 is 1.69 bits per heavy atom. The van der Waals surface area contributed by atoms with Gasteiger partial charge in [0.05, 0.1) is 56.6 Å². The quantitative estimate of drug-likeness (QED) is 0.140. The molecular formula is C39H34F3N7O5S. The van der Waals surface area contributed by atoms with Gasteiger partial charge in [0.15, 0.2) is 0 Å². The summed E-state index contributed by atoms with van der Waals surface area (Å²) in [5.41, 5.74) is 2.66. The van der Waals surface area contributed by atoms with E-state index in [1.54, 1.807) is 50.2 Å². The van der Waals surface area contributed by atoms with Gasteiger partial charge in [0.2, 0.25) is 0 Å². The fourth-order valence-electron chi connectivity index (χ4n) is 6.99. The van der Waals surface area contributed by atoms with E-state index in [-0.39, 0.29) is 22.0 Å². The van der Waals surface area contributed by atoms with Gasteiger partial charge < -0.3 is 10.3 Å². The Balaban J connectivity index is 1.29. The number of imidazole rings is 1. The molecule has 1 aliphatic rings. The highest BCUT2D eigenvalue weighted by Gasteiger charge is 2.48. The van der Waals surface area contributed by atoms with Crippen molar-refractivity contribution >= 4 is 16.1 Å². The smallest absolute Gasteiger partial charge is 0.360 e. The molecule has 55 heavy (non-hydrogen) atoms. The van der Waals surface area contributed by atoms with E-state index in [1.165, 1.54) is 36.0 Å². The van der Waals surface area contributed by atoms with Crippen LogP contribution in [0.15, 0.2) is 88.7 Å². The Morgan fingerprint density at radius 3 is 2.33 bits per heavy atom. The van der Waals surface area contributed by atoms with Gasteiger partial charge in [0.1, 0.15) is 5.69 Å². The van der Waals surface area contributed by atoms with Crippen molar-refractivity contribution in [2.75, 3.05) is 0 Å². The number of hydrogen-bond acceptors (Lipinski definition) is 6. The molecular weight excluding hydrogens is 736 g/mol. The summed E-state index contributed by atoms with van der Waals surface area (Å²) in [7, 11) is -4.46. The maximum absolute atomic E-state index is 14.4. The molecule has 0 bridgehead atoms. The lowest BCUT2D eigenvalue weighted by Crippen LogP contribution is -2.42. The minimum atomic E-state index is -4.69. The summed E-state index contributed by atoms with van der Waals surface area (Å²) < 4.78 is 78.8. The lowest BCUT2D eigenvalue weighted by Gasteiger charge is -2.18. The number of carbonyl (C=O) groups is 1. The van der Waals surface area contributed by atoms with Crippen molar-refractivity contribution in [2.24, 2.45) is 0 Å². The summed E-state index contributed by atoms with van der Waals surface area (Å²) in [4.78, 5) is 31.9. The molecule has 0 unspecified atom stereocenters. The summed E-state index contributed by atoms with van der Waals surface area (Å²) in [6.07, 6.45) is -1.92. The van der Waals surface area contributed by atoms with Gasteiger partial charge in [-0.1, -0.05) is 6.07 Å². The standard InChI is InChI=1S/C39H34F3N7O5S/c1-22-23(2)27(19-33(24(22)3)55(52,53)54)18-29-10-13-34(45-29)38(15-16-38)46-36(50)48-35(32-14-17-44-49(32)30-11-8-26(21-43)9-12-30)25(4)47(37(48)51)31-7-5-6-28(20-31)39(40,41)42/h5-14,17,19-20,45H,15-16,18H2,1-4H3,(H,46,50)(H,52,53,54). The highest BCUT2D eigenvalue weighted by molar-refractivity contribution is 7.85. The lowest BCUT2D eigenvalue weighted by molar-refractivity contribution is -0.137. The zero-order chi connectivity index (χ0) is 39.6. The second-order valence-electron chi connectivity index (χ2n) is 13.7. The van der Waals surface area contributed by atoms with Gasteiger partial charge in [-0.25, -0.2) is 18.8 Å². The monoisotopic (exact) mass is 769 g/mol. The van der Waals surface area contributed by atoms with E-state index < -0.39 is 39.1 Å². The third-order valence-corrected chi connectivity index (χ3v) is 11.3. The molecule has 6 aromatic rings. The molecule has 0 radical (unpaired) electrons. The van der Waals surface area contributed by atoms with Gasteiger partial charge in [-0.05, 0) is 130 Å². The van der Waals surface area contributed by atoms with Crippen LogP contribution in [0, 0.1) is 39.0 Å². The lowest BCUT2D eigenvalue weighted by atomic mass is 9.96. The first-order chi connectivity index (χ1) is 25.9. The predicted octanol–water partition coefficient (Wildman–Crippen LogP) is 7.03. The molecule has 3 N–H and O–H groups in total. The Bertz CT molecular complexity index is 2730. The average molecular weight is 770 g/mol. The molecule has 16 heteroatoms. The van der Waals surface area contributed by atoms with Gasteiger partial charge >= 0.3 is 17.9 Å². The number of nitriles is 1. The van der Waals surface area contributed by atoms with E-state index in [0.717, 1.165) is 32.4 Å². The number of rotatable bonds is 8. The van der Waals surface area contributed by atoms with E-state index in [4.69, 9.17) is 0 Å². The molecule has 0 atom stereocenters. The Labute approximate surface area is 313 Å². The third-order valence-electron chi connectivity index (χ3n) is 10.3. The topological polar surface area (TPSA) is 168 Å². The van der Waals surface area contributed by atoms with Crippen molar-refractivity contribution < 1.29 is 30.9 Å². The first-order valence-corrected chi connectivity index (χ1v) is 18.5. The van der Waals surface area contributed by atoms with Crippen LogP contribution in [-0.2, 0) is 28.3 Å². The van der Waals surface area contributed by atoms with Crippen molar-refractivity contribution in [3.05, 3.63) is 140 Å². The molecule has 1 fully saturated rings. The maximum atomic E-state index is 14.4. The Kier molecular flexibility index (Phi) is 8.97. The number of hydrogen-bond donors (Lipinski definition) is 3. The zero-order valence-electron chi connectivity index (χ0n) is 30.0. The molecule has 7 rings (SSSR count). The van der Waals surface area contributed by atoms with Crippen LogP contribution in [0.3, 0.4) is 0 Å². The number of benzene rings is 3. The fraction of sp³-hybridized carbons (Fsp3) is 0.231. The Hall–Kier alpha value is -6.18. The van der Waals surface area contributed by atoms with Crippen molar-refractivity contribution in [3.8, 4) is 28.8 Å². The predicted molar refractivity (Wildman–Crippen MR) is 196 cm³/mol. The number of alkyl halides is 3. The fourth-order valence-corrected chi connectivity index (χ4v) is 7.83. The minimum absolute atomic E-state index is 0.0876. The summed E-state index contributed by atoms with van der Waals surface area (Å²) >= 11 is 0. The van der Waals surface area contributed by atoms with Crippen LogP contribution in [0.1, 0.15) is 63.3 Å². The highest BCUT2D eigenvalue weighted by atomic mass is 32.2. The third kappa shape index (κ3) is 6.66. The molecule has 0 aliphatic heterocycles. The molecule has 1 amide bonds. The van der Waals surface area contributed by atoms with Crippen LogP contribution in [-0.4, -0.2) is 42.9 Å². The van der Waals surface area contributed by atoms with Crippen molar-refractivity contribution in [3.63, 3.8) is 0 Å². The second-order valence-corrected chi connectivity index (χ2v) is 15.1. The summed E-state index contributed by atoms with van der Waals surface area (Å²) in [6, 6.07) is 18.6. The van der Waals surface area contributed by atoms with Crippen LogP contribution in [0.2, 0.25) is 0 Å². The molecule has 12 nitrogen and oxygen atoms in total.